The Balaban J connectivity index is 2.46. The number of guanidine groups is 1. The molecule has 4 N–H and O–H groups in total. The van der Waals surface area contributed by atoms with Crippen LogP contribution in [0.3, 0.4) is 0 Å². The molecule has 0 aliphatic carbocycles. The summed E-state index contributed by atoms with van der Waals surface area (Å²) in [6, 6.07) is 9.99. The SMILES string of the molecule is CC(C)C(=O)c1ccccc1-n1c(CCC=NN=C(N)N)ccc1[N+](=O)[O-]. The first kappa shape index (κ1) is 19.8. The van der Waals surface area contributed by atoms with Gasteiger partial charge in [0.25, 0.3) is 0 Å². The third kappa shape index (κ3) is 4.78. The number of nitrogens with zero attached hydrogens (tertiary/aromatic N) is 4. The number of carbonyl (C=O) groups is 1. The molecule has 0 fully saturated rings. The predicted molar refractivity (Wildman–Crippen MR) is 104 cm³/mol. The zero-order chi connectivity index (χ0) is 20.0. The summed E-state index contributed by atoms with van der Waals surface area (Å²) in [4.78, 5) is 23.6. The third-order valence-electron chi connectivity index (χ3n) is 3.85. The van der Waals surface area contributed by atoms with Crippen LogP contribution in [0.25, 0.3) is 5.69 Å². The van der Waals surface area contributed by atoms with Gasteiger partial charge in [-0.3, -0.25) is 4.79 Å². The Morgan fingerprint density at radius 1 is 1.26 bits per heavy atom. The van der Waals surface area contributed by atoms with E-state index in [1.807, 2.05) is 0 Å². The summed E-state index contributed by atoms with van der Waals surface area (Å²) in [5, 5.41) is 18.7. The van der Waals surface area contributed by atoms with E-state index in [4.69, 9.17) is 11.5 Å². The first-order valence-corrected chi connectivity index (χ1v) is 8.42. The monoisotopic (exact) mass is 370 g/mol. The fourth-order valence-corrected chi connectivity index (χ4v) is 2.65. The van der Waals surface area contributed by atoms with Gasteiger partial charge in [0.1, 0.15) is 11.4 Å². The maximum absolute atomic E-state index is 12.6. The number of carbonyl (C=O) groups excluding carboxylic acids is 1. The number of hydrogen-bond acceptors (Lipinski definition) is 5. The smallest absolute Gasteiger partial charge is 0.328 e. The number of aryl methyl sites for hydroxylation is 1. The minimum atomic E-state index is -0.465. The van der Waals surface area contributed by atoms with Crippen LogP contribution in [-0.2, 0) is 6.42 Å². The van der Waals surface area contributed by atoms with Crippen LogP contribution >= 0.6 is 0 Å². The fraction of sp³-hybridized carbons (Fsp3) is 0.278. The average Bonchev–Trinajstić information content (AvgIpc) is 3.04. The van der Waals surface area contributed by atoms with Crippen molar-refractivity contribution in [2.75, 3.05) is 0 Å². The number of Topliss-reactive ketones (excluding diaryl/α,β-unsaturated/α-hetero) is 1. The van der Waals surface area contributed by atoms with E-state index in [1.54, 1.807) is 44.2 Å². The van der Waals surface area contributed by atoms with E-state index in [1.165, 1.54) is 16.8 Å². The van der Waals surface area contributed by atoms with Crippen molar-refractivity contribution in [2.45, 2.75) is 26.7 Å². The van der Waals surface area contributed by atoms with Crippen molar-refractivity contribution in [3.63, 3.8) is 0 Å². The molecule has 1 aromatic carbocycles. The molecule has 0 amide bonds. The van der Waals surface area contributed by atoms with Gasteiger partial charge in [0.15, 0.2) is 5.78 Å². The molecule has 0 saturated heterocycles. The van der Waals surface area contributed by atoms with Crippen molar-refractivity contribution in [3.05, 3.63) is 57.8 Å². The van der Waals surface area contributed by atoms with E-state index < -0.39 is 4.92 Å². The summed E-state index contributed by atoms with van der Waals surface area (Å²) in [5.74, 6) is -0.550. The minimum Gasteiger partial charge on any atom is -0.369 e. The van der Waals surface area contributed by atoms with Gasteiger partial charge in [-0.1, -0.05) is 26.0 Å². The Morgan fingerprint density at radius 3 is 2.59 bits per heavy atom. The molecule has 0 unspecified atom stereocenters. The molecule has 142 valence electrons. The molecule has 0 bridgehead atoms. The normalized spacial score (nSPS) is 11.1. The van der Waals surface area contributed by atoms with Crippen LogP contribution in [-0.4, -0.2) is 27.4 Å². The van der Waals surface area contributed by atoms with Crippen LogP contribution in [0.1, 0.15) is 36.3 Å². The highest BCUT2D eigenvalue weighted by atomic mass is 16.6. The van der Waals surface area contributed by atoms with Crippen molar-refractivity contribution >= 4 is 23.8 Å². The quantitative estimate of drug-likeness (QED) is 0.241. The molecule has 0 atom stereocenters. The Bertz CT molecular complexity index is 894. The maximum atomic E-state index is 12.6. The summed E-state index contributed by atoms with van der Waals surface area (Å²) < 4.78 is 1.50. The summed E-state index contributed by atoms with van der Waals surface area (Å²) in [7, 11) is 0. The molecule has 0 spiro atoms. The average molecular weight is 370 g/mol. The largest absolute Gasteiger partial charge is 0.369 e. The predicted octanol–water partition coefficient (Wildman–Crippen LogP) is 2.42. The van der Waals surface area contributed by atoms with Crippen molar-refractivity contribution in [2.24, 2.45) is 27.6 Å². The molecule has 27 heavy (non-hydrogen) atoms. The maximum Gasteiger partial charge on any atom is 0.328 e. The van der Waals surface area contributed by atoms with Crippen LogP contribution in [0.2, 0.25) is 0 Å². The zero-order valence-corrected chi connectivity index (χ0v) is 15.2. The first-order valence-electron chi connectivity index (χ1n) is 8.42. The van der Waals surface area contributed by atoms with E-state index in [0.29, 0.717) is 29.8 Å². The Kier molecular flexibility index (Phi) is 6.42. The second-order valence-corrected chi connectivity index (χ2v) is 6.17. The standard InChI is InChI=1S/C18H22N6O3/c1-12(2)17(25)14-7-3-4-8-15(14)23-13(9-10-16(23)24(26)27)6-5-11-21-22-18(19)20/h3-4,7-12H,5-6H2,1-2H3,(H4,19,20,22). The van der Waals surface area contributed by atoms with Crippen molar-refractivity contribution in [3.8, 4) is 5.69 Å². The molecule has 2 aromatic rings. The number of nitro groups is 1. The summed E-state index contributed by atoms with van der Waals surface area (Å²) in [5.41, 5.74) is 12.0. The molecule has 0 saturated carbocycles. The highest BCUT2D eigenvalue weighted by Crippen LogP contribution is 2.27. The van der Waals surface area contributed by atoms with E-state index in [0.717, 1.165) is 0 Å². The van der Waals surface area contributed by atoms with Crippen LogP contribution < -0.4 is 11.5 Å². The van der Waals surface area contributed by atoms with Crippen molar-refractivity contribution in [1.29, 1.82) is 0 Å². The van der Waals surface area contributed by atoms with Gasteiger partial charge < -0.3 is 21.6 Å². The summed E-state index contributed by atoms with van der Waals surface area (Å²) in [6.45, 7) is 3.59. The minimum absolute atomic E-state index is 0.0751. The lowest BCUT2D eigenvalue weighted by atomic mass is 9.99. The molecule has 2 rings (SSSR count). The van der Waals surface area contributed by atoms with Crippen molar-refractivity contribution in [1.82, 2.24) is 4.57 Å². The Morgan fingerprint density at radius 2 is 1.96 bits per heavy atom. The summed E-state index contributed by atoms with van der Waals surface area (Å²) >= 11 is 0. The van der Waals surface area contributed by atoms with E-state index in [-0.39, 0.29) is 23.5 Å². The van der Waals surface area contributed by atoms with E-state index >= 15 is 0 Å². The fourth-order valence-electron chi connectivity index (χ4n) is 2.65. The molecular formula is C18H22N6O3. The van der Waals surface area contributed by atoms with Gasteiger partial charge in [0, 0.05) is 24.6 Å². The highest BCUT2D eigenvalue weighted by molar-refractivity contribution is 6.00. The van der Waals surface area contributed by atoms with Crippen LogP contribution in [0.5, 0.6) is 0 Å². The second kappa shape index (κ2) is 8.75. The topological polar surface area (TPSA) is 142 Å². The Hall–Kier alpha value is -3.49. The van der Waals surface area contributed by atoms with E-state index in [9.17, 15) is 14.9 Å². The number of nitrogens with two attached hydrogens (primary N) is 2. The lowest BCUT2D eigenvalue weighted by molar-refractivity contribution is -0.391. The molecule has 1 heterocycles. The van der Waals surface area contributed by atoms with Gasteiger partial charge >= 0.3 is 5.82 Å². The second-order valence-electron chi connectivity index (χ2n) is 6.17. The summed E-state index contributed by atoms with van der Waals surface area (Å²) in [6.07, 6.45) is 2.45. The molecule has 9 heteroatoms. The highest BCUT2D eigenvalue weighted by Gasteiger charge is 2.25. The van der Waals surface area contributed by atoms with Gasteiger partial charge in [-0.05, 0) is 29.5 Å². The lowest BCUT2D eigenvalue weighted by Crippen LogP contribution is -2.21. The number of aromatic nitrogens is 1. The van der Waals surface area contributed by atoms with Gasteiger partial charge in [0.05, 0.1) is 5.56 Å². The van der Waals surface area contributed by atoms with Gasteiger partial charge in [-0.25, -0.2) is 0 Å². The Labute approximate surface area is 156 Å². The molecular weight excluding hydrogens is 348 g/mol. The number of benzene rings is 1. The van der Waals surface area contributed by atoms with Crippen LogP contribution in [0.15, 0.2) is 46.6 Å². The van der Waals surface area contributed by atoms with Crippen molar-refractivity contribution < 1.29 is 9.72 Å². The first-order chi connectivity index (χ1) is 12.8. The number of para-hydroxylation sites is 1. The zero-order valence-electron chi connectivity index (χ0n) is 15.2. The van der Waals surface area contributed by atoms with Gasteiger partial charge in [0.2, 0.25) is 5.96 Å². The van der Waals surface area contributed by atoms with Crippen LogP contribution in [0.4, 0.5) is 5.82 Å². The molecule has 0 aliphatic rings. The molecule has 1 aromatic heterocycles. The van der Waals surface area contributed by atoms with Crippen LogP contribution in [0, 0.1) is 16.0 Å². The molecule has 9 nitrogen and oxygen atoms in total. The number of hydrogen-bond donors (Lipinski definition) is 2. The number of rotatable bonds is 8. The number of ketones is 1. The molecule has 0 radical (unpaired) electrons. The van der Waals surface area contributed by atoms with Gasteiger partial charge in [-0.15, -0.1) is 5.10 Å². The van der Waals surface area contributed by atoms with Gasteiger partial charge in [-0.2, -0.15) is 9.67 Å². The third-order valence-corrected chi connectivity index (χ3v) is 3.85. The molecule has 0 aliphatic heterocycles. The lowest BCUT2D eigenvalue weighted by Gasteiger charge is -2.11. The van der Waals surface area contributed by atoms with E-state index in [2.05, 4.69) is 10.2 Å².